The summed E-state index contributed by atoms with van der Waals surface area (Å²) in [5.41, 5.74) is 1.67. The van der Waals surface area contributed by atoms with Crippen molar-refractivity contribution in [3.05, 3.63) is 41.1 Å². The molecule has 0 spiro atoms. The predicted octanol–water partition coefficient (Wildman–Crippen LogP) is 3.14. The Morgan fingerprint density at radius 2 is 2.16 bits per heavy atom. The number of carbonyl (C=O) groups is 1. The molecule has 1 unspecified atom stereocenters. The predicted molar refractivity (Wildman–Crippen MR) is 111 cm³/mol. The van der Waals surface area contributed by atoms with E-state index in [1.54, 1.807) is 28.9 Å². The van der Waals surface area contributed by atoms with Gasteiger partial charge in [0.2, 0.25) is 12.3 Å². The maximum absolute atomic E-state index is 12.8. The smallest absolute Gasteiger partial charge is 0.272 e. The highest BCUT2D eigenvalue weighted by Gasteiger charge is 2.28. The van der Waals surface area contributed by atoms with E-state index < -0.39 is 6.43 Å². The van der Waals surface area contributed by atoms with Gasteiger partial charge in [-0.25, -0.2) is 13.5 Å². The third-order valence-electron chi connectivity index (χ3n) is 6.25. The number of alkyl halides is 2. The molecular formula is C23H27F2N3O4. The van der Waals surface area contributed by atoms with Crippen LogP contribution in [0.3, 0.4) is 0 Å². The van der Waals surface area contributed by atoms with Crippen molar-refractivity contribution in [2.75, 3.05) is 13.2 Å². The van der Waals surface area contributed by atoms with Crippen molar-refractivity contribution in [1.29, 1.82) is 0 Å². The second kappa shape index (κ2) is 9.05. The average molecular weight is 447 g/mol. The maximum atomic E-state index is 12.8. The van der Waals surface area contributed by atoms with Crippen molar-refractivity contribution in [2.45, 2.75) is 69.7 Å². The summed E-state index contributed by atoms with van der Waals surface area (Å²) in [7, 11) is 0. The van der Waals surface area contributed by atoms with Crippen LogP contribution in [0.4, 0.5) is 8.78 Å². The second-order valence-electron chi connectivity index (χ2n) is 8.73. The van der Waals surface area contributed by atoms with E-state index in [4.69, 9.17) is 14.2 Å². The van der Waals surface area contributed by atoms with Gasteiger partial charge in [0.1, 0.15) is 18.5 Å². The number of hydrogen-bond acceptors (Lipinski definition) is 5. The highest BCUT2D eigenvalue weighted by Crippen LogP contribution is 2.28. The van der Waals surface area contributed by atoms with Crippen LogP contribution in [0, 0.1) is 0 Å². The van der Waals surface area contributed by atoms with Gasteiger partial charge in [-0.2, -0.15) is 5.10 Å². The maximum Gasteiger partial charge on any atom is 0.272 e. The molecule has 0 saturated heterocycles. The van der Waals surface area contributed by atoms with Crippen LogP contribution in [0.1, 0.15) is 47.3 Å². The van der Waals surface area contributed by atoms with E-state index in [-0.39, 0.29) is 30.2 Å². The average Bonchev–Trinajstić information content (AvgIpc) is 3.15. The lowest BCUT2D eigenvalue weighted by Gasteiger charge is -2.29. The van der Waals surface area contributed by atoms with Crippen LogP contribution in [0.5, 0.6) is 11.6 Å². The summed E-state index contributed by atoms with van der Waals surface area (Å²) in [4.78, 5) is 12.8. The summed E-state index contributed by atoms with van der Waals surface area (Å²) in [6.45, 7) is 1.55. The van der Waals surface area contributed by atoms with Gasteiger partial charge >= 0.3 is 0 Å². The molecule has 3 aliphatic rings. The quantitative estimate of drug-likeness (QED) is 0.706. The van der Waals surface area contributed by atoms with Crippen molar-refractivity contribution < 1.29 is 27.8 Å². The number of fused-ring (bicyclic) bond motifs is 2. The Bertz CT molecular complexity index is 976. The standard InChI is InChI=1S/C23H27F2N3O4/c24-21(25)9-14-4-5-20-15(8-14)10-16(12-31-20)26-23(29)19-11-22-28(27-19)7-6-18(32-22)13-30-17-2-1-3-17/h4-5,8,11,16-18,21H,1-3,6-7,9-10,12-13H2,(H,26,29)/t16-,18?/m1/s1. The fourth-order valence-corrected chi connectivity index (χ4v) is 4.26. The molecule has 3 heterocycles. The number of nitrogens with one attached hydrogen (secondary N) is 1. The minimum Gasteiger partial charge on any atom is -0.491 e. The third-order valence-corrected chi connectivity index (χ3v) is 6.25. The number of rotatable bonds is 7. The van der Waals surface area contributed by atoms with Crippen LogP contribution in [0.25, 0.3) is 0 Å². The van der Waals surface area contributed by atoms with E-state index in [1.807, 2.05) is 0 Å². The molecule has 1 aromatic heterocycles. The molecule has 0 radical (unpaired) electrons. The minimum absolute atomic E-state index is 0.0265. The molecule has 2 aliphatic heterocycles. The zero-order valence-corrected chi connectivity index (χ0v) is 17.8. The largest absolute Gasteiger partial charge is 0.491 e. The van der Waals surface area contributed by atoms with Gasteiger partial charge in [0.25, 0.3) is 5.91 Å². The van der Waals surface area contributed by atoms with Gasteiger partial charge in [-0.05, 0) is 42.9 Å². The number of amides is 1. The highest BCUT2D eigenvalue weighted by atomic mass is 19.3. The first kappa shape index (κ1) is 21.2. The minimum atomic E-state index is -2.40. The topological polar surface area (TPSA) is 74.6 Å². The van der Waals surface area contributed by atoms with Crippen LogP contribution >= 0.6 is 0 Å². The monoisotopic (exact) mass is 447 g/mol. The molecule has 9 heteroatoms. The Labute approximate surface area is 185 Å². The molecule has 7 nitrogen and oxygen atoms in total. The zero-order valence-electron chi connectivity index (χ0n) is 17.8. The van der Waals surface area contributed by atoms with Gasteiger partial charge < -0.3 is 19.5 Å². The van der Waals surface area contributed by atoms with Crippen LogP contribution in [0.2, 0.25) is 0 Å². The SMILES string of the molecule is O=C(N[C@H]1COc2ccc(CC(F)F)cc2C1)c1cc2n(n1)CCC(COC1CCC1)O2. The molecular weight excluding hydrogens is 420 g/mol. The van der Waals surface area contributed by atoms with Crippen molar-refractivity contribution >= 4 is 5.91 Å². The molecule has 5 rings (SSSR count). The summed E-state index contributed by atoms with van der Waals surface area (Å²) in [6.07, 6.45) is 2.43. The van der Waals surface area contributed by atoms with Crippen LogP contribution < -0.4 is 14.8 Å². The highest BCUT2D eigenvalue weighted by molar-refractivity contribution is 5.92. The molecule has 0 bridgehead atoms. The van der Waals surface area contributed by atoms with Gasteiger partial charge in [-0.3, -0.25) is 4.79 Å². The Kier molecular flexibility index (Phi) is 5.99. The molecule has 1 N–H and O–H groups in total. The molecule has 1 aliphatic carbocycles. The van der Waals surface area contributed by atoms with E-state index in [9.17, 15) is 13.6 Å². The van der Waals surface area contributed by atoms with Gasteiger partial charge in [0, 0.05) is 25.5 Å². The summed E-state index contributed by atoms with van der Waals surface area (Å²) in [5, 5.41) is 7.32. The van der Waals surface area contributed by atoms with Crippen LogP contribution in [-0.4, -0.2) is 53.6 Å². The zero-order chi connectivity index (χ0) is 22.1. The van der Waals surface area contributed by atoms with Crippen molar-refractivity contribution in [3.63, 3.8) is 0 Å². The Morgan fingerprint density at radius 1 is 1.28 bits per heavy atom. The number of aromatic nitrogens is 2. The van der Waals surface area contributed by atoms with E-state index in [0.29, 0.717) is 49.5 Å². The Hall–Kier alpha value is -2.68. The van der Waals surface area contributed by atoms with E-state index in [1.165, 1.54) is 6.42 Å². The first-order chi connectivity index (χ1) is 15.5. The number of benzene rings is 1. The number of ether oxygens (including phenoxy) is 3. The third kappa shape index (κ3) is 4.72. The number of nitrogens with zero attached hydrogens (tertiary/aromatic N) is 2. The molecule has 1 amide bonds. The lowest BCUT2D eigenvalue weighted by atomic mass is 9.96. The normalized spacial score (nSPS) is 22.3. The van der Waals surface area contributed by atoms with Gasteiger partial charge in [-0.15, -0.1) is 0 Å². The number of halogens is 2. The first-order valence-corrected chi connectivity index (χ1v) is 11.2. The summed E-state index contributed by atoms with van der Waals surface area (Å²) >= 11 is 0. The van der Waals surface area contributed by atoms with Gasteiger partial charge in [0.05, 0.1) is 18.8 Å². The van der Waals surface area contributed by atoms with Gasteiger partial charge in [-0.1, -0.05) is 12.1 Å². The summed E-state index contributed by atoms with van der Waals surface area (Å²) in [6, 6.07) is 6.50. The molecule has 1 fully saturated rings. The molecule has 2 aromatic rings. The molecule has 32 heavy (non-hydrogen) atoms. The van der Waals surface area contributed by atoms with Crippen molar-refractivity contribution in [2.24, 2.45) is 0 Å². The molecule has 1 aromatic carbocycles. The molecule has 172 valence electrons. The summed E-state index contributed by atoms with van der Waals surface area (Å²) < 4.78 is 44.6. The van der Waals surface area contributed by atoms with Gasteiger partial charge in [0.15, 0.2) is 5.69 Å². The lowest BCUT2D eigenvalue weighted by molar-refractivity contribution is -0.0448. The van der Waals surface area contributed by atoms with E-state index in [0.717, 1.165) is 24.8 Å². The molecule has 1 saturated carbocycles. The van der Waals surface area contributed by atoms with E-state index >= 15 is 0 Å². The Morgan fingerprint density at radius 3 is 2.94 bits per heavy atom. The second-order valence-corrected chi connectivity index (χ2v) is 8.73. The summed E-state index contributed by atoms with van der Waals surface area (Å²) in [5.74, 6) is 0.943. The Balaban J connectivity index is 1.18. The number of hydrogen-bond donors (Lipinski definition) is 1. The van der Waals surface area contributed by atoms with Crippen molar-refractivity contribution in [1.82, 2.24) is 15.1 Å². The number of carbonyl (C=O) groups excluding carboxylic acids is 1. The lowest BCUT2D eigenvalue weighted by Crippen LogP contribution is -2.43. The van der Waals surface area contributed by atoms with E-state index in [2.05, 4.69) is 10.4 Å². The van der Waals surface area contributed by atoms with Crippen LogP contribution in [0.15, 0.2) is 24.3 Å². The first-order valence-electron chi connectivity index (χ1n) is 11.2. The van der Waals surface area contributed by atoms with Crippen LogP contribution in [-0.2, 0) is 24.1 Å². The number of aryl methyl sites for hydroxylation is 1. The fourth-order valence-electron chi connectivity index (χ4n) is 4.26. The molecule has 2 atom stereocenters. The van der Waals surface area contributed by atoms with Crippen molar-refractivity contribution in [3.8, 4) is 11.6 Å². The fraction of sp³-hybridized carbons (Fsp3) is 0.565.